The van der Waals surface area contributed by atoms with Crippen molar-refractivity contribution in [1.82, 2.24) is 0 Å². The highest BCUT2D eigenvalue weighted by molar-refractivity contribution is 7.14. The molecule has 2 rings (SSSR count). The van der Waals surface area contributed by atoms with Crippen molar-refractivity contribution >= 4 is 28.2 Å². The summed E-state index contributed by atoms with van der Waals surface area (Å²) in [6.45, 7) is 1.46. The van der Waals surface area contributed by atoms with Gasteiger partial charge in [-0.1, -0.05) is 12.1 Å². The van der Waals surface area contributed by atoms with E-state index in [-0.39, 0.29) is 5.56 Å². The normalized spacial score (nSPS) is 11.2. The summed E-state index contributed by atoms with van der Waals surface area (Å²) in [4.78, 5) is 24.2. The average Bonchev–Trinajstić information content (AvgIpc) is 3.01. The lowest BCUT2D eigenvalue weighted by Gasteiger charge is -2.14. The molecule has 118 valence electrons. The number of nitriles is 1. The van der Waals surface area contributed by atoms with Gasteiger partial charge in [-0.2, -0.15) is 5.26 Å². The topological polar surface area (TPSA) is 88.4 Å². The van der Waals surface area contributed by atoms with Gasteiger partial charge in [-0.15, -0.1) is 11.3 Å². The molecule has 1 aromatic carbocycles. The lowest BCUT2D eigenvalue weighted by molar-refractivity contribution is -0.123. The van der Waals surface area contributed by atoms with Crippen molar-refractivity contribution < 1.29 is 19.1 Å². The number of nitrogens with one attached hydrogen (secondary N) is 1. The van der Waals surface area contributed by atoms with Crippen molar-refractivity contribution in [3.8, 4) is 11.8 Å². The van der Waals surface area contributed by atoms with Gasteiger partial charge >= 0.3 is 5.97 Å². The van der Waals surface area contributed by atoms with Crippen LogP contribution in [-0.2, 0) is 9.53 Å². The number of nitrogens with zero attached hydrogens (tertiary/aromatic N) is 1. The molecule has 1 heterocycles. The number of benzene rings is 1. The van der Waals surface area contributed by atoms with E-state index in [1.165, 1.54) is 25.4 Å². The van der Waals surface area contributed by atoms with E-state index in [1.807, 2.05) is 6.07 Å². The Morgan fingerprint density at radius 1 is 1.30 bits per heavy atom. The van der Waals surface area contributed by atoms with Crippen LogP contribution in [0.1, 0.15) is 22.8 Å². The number of carbonyl (C=O) groups is 2. The molecule has 7 heteroatoms. The highest BCUT2D eigenvalue weighted by Gasteiger charge is 2.22. The third-order valence-corrected chi connectivity index (χ3v) is 3.83. The molecule has 6 nitrogen and oxygen atoms in total. The number of hydrogen-bond donors (Lipinski definition) is 1. The quantitative estimate of drug-likeness (QED) is 0.852. The van der Waals surface area contributed by atoms with E-state index in [0.717, 1.165) is 0 Å². The van der Waals surface area contributed by atoms with Crippen LogP contribution in [0.3, 0.4) is 0 Å². The van der Waals surface area contributed by atoms with Gasteiger partial charge in [-0.3, -0.25) is 4.79 Å². The molecule has 0 radical (unpaired) electrons. The van der Waals surface area contributed by atoms with Gasteiger partial charge in [-0.25, -0.2) is 4.79 Å². The van der Waals surface area contributed by atoms with Crippen LogP contribution in [0.5, 0.6) is 5.75 Å². The third kappa shape index (κ3) is 3.87. The van der Waals surface area contributed by atoms with E-state index < -0.39 is 18.0 Å². The zero-order valence-corrected chi connectivity index (χ0v) is 13.3. The summed E-state index contributed by atoms with van der Waals surface area (Å²) in [5.41, 5.74) is 0.607. The Kier molecular flexibility index (Phi) is 5.33. The molecule has 0 aliphatic rings. The maximum Gasteiger partial charge on any atom is 0.342 e. The lowest BCUT2D eigenvalue weighted by atomic mass is 10.2. The van der Waals surface area contributed by atoms with Crippen LogP contribution in [0.4, 0.5) is 5.00 Å². The fourth-order valence-corrected chi connectivity index (χ4v) is 2.54. The third-order valence-electron chi connectivity index (χ3n) is 3.00. The molecule has 1 N–H and O–H groups in total. The van der Waals surface area contributed by atoms with E-state index in [2.05, 4.69) is 5.32 Å². The molecule has 1 atom stereocenters. The number of methoxy groups -OCH3 is 1. The van der Waals surface area contributed by atoms with Crippen LogP contribution in [0, 0.1) is 11.3 Å². The predicted molar refractivity (Wildman–Crippen MR) is 85.5 cm³/mol. The summed E-state index contributed by atoms with van der Waals surface area (Å²) >= 11 is 1.23. The number of esters is 1. The van der Waals surface area contributed by atoms with Gasteiger partial charge in [0.05, 0.1) is 12.7 Å². The second-order valence-electron chi connectivity index (χ2n) is 4.51. The molecule has 0 aliphatic heterocycles. The molecule has 0 spiro atoms. The van der Waals surface area contributed by atoms with E-state index in [1.54, 1.807) is 35.7 Å². The first-order chi connectivity index (χ1) is 11.1. The molecule has 23 heavy (non-hydrogen) atoms. The molecule has 1 unspecified atom stereocenters. The molecule has 0 saturated heterocycles. The van der Waals surface area contributed by atoms with E-state index >= 15 is 0 Å². The summed E-state index contributed by atoms with van der Waals surface area (Å²) < 4.78 is 10.2. The Morgan fingerprint density at radius 3 is 2.74 bits per heavy atom. The summed E-state index contributed by atoms with van der Waals surface area (Å²) in [6, 6.07) is 10.2. The van der Waals surface area contributed by atoms with Crippen molar-refractivity contribution in [2.45, 2.75) is 13.0 Å². The molecule has 1 aromatic heterocycles. The number of ether oxygens (including phenoxy) is 2. The van der Waals surface area contributed by atoms with Crippen molar-refractivity contribution in [1.29, 1.82) is 5.26 Å². The van der Waals surface area contributed by atoms with E-state index in [4.69, 9.17) is 14.7 Å². The molecule has 0 fully saturated rings. The van der Waals surface area contributed by atoms with Gasteiger partial charge in [0, 0.05) is 0 Å². The minimum Gasteiger partial charge on any atom is -0.496 e. The van der Waals surface area contributed by atoms with Crippen molar-refractivity contribution in [3.63, 3.8) is 0 Å². The summed E-state index contributed by atoms with van der Waals surface area (Å²) in [6.07, 6.45) is -1.01. The first-order valence-corrected chi connectivity index (χ1v) is 7.57. The predicted octanol–water partition coefficient (Wildman–Crippen LogP) is 2.81. The zero-order valence-electron chi connectivity index (χ0n) is 12.5. The first kappa shape index (κ1) is 16.5. The number of hydrogen-bond acceptors (Lipinski definition) is 6. The van der Waals surface area contributed by atoms with Gasteiger partial charge in [0.25, 0.3) is 5.91 Å². The fraction of sp³-hybridized carbons (Fsp3) is 0.188. The Labute approximate surface area is 137 Å². The van der Waals surface area contributed by atoms with Gasteiger partial charge in [0.15, 0.2) is 6.10 Å². The molecule has 0 saturated carbocycles. The highest BCUT2D eigenvalue weighted by Crippen LogP contribution is 2.23. The van der Waals surface area contributed by atoms with Crippen LogP contribution in [0.15, 0.2) is 35.7 Å². The maximum atomic E-state index is 12.1. The second kappa shape index (κ2) is 7.42. The van der Waals surface area contributed by atoms with E-state index in [9.17, 15) is 9.59 Å². The van der Waals surface area contributed by atoms with Crippen molar-refractivity contribution in [3.05, 3.63) is 46.8 Å². The molecule has 2 aromatic rings. The molecule has 1 amide bonds. The minimum atomic E-state index is -1.01. The average molecular weight is 330 g/mol. The molecule has 0 bridgehead atoms. The van der Waals surface area contributed by atoms with Crippen molar-refractivity contribution in [2.24, 2.45) is 0 Å². The SMILES string of the molecule is COc1ccccc1C(=O)OC(C)C(=O)Nc1sccc1C#N. The number of para-hydroxylation sites is 1. The lowest BCUT2D eigenvalue weighted by Crippen LogP contribution is -2.30. The Hall–Kier alpha value is -2.85. The standard InChI is InChI=1S/C16H14N2O4S/c1-10(14(19)18-15-11(9-17)7-8-23-15)22-16(20)12-5-3-4-6-13(12)21-2/h3-8,10H,1-2H3,(H,18,19). The van der Waals surface area contributed by atoms with Crippen LogP contribution in [0.25, 0.3) is 0 Å². The smallest absolute Gasteiger partial charge is 0.342 e. The zero-order chi connectivity index (χ0) is 16.8. The monoisotopic (exact) mass is 330 g/mol. The van der Waals surface area contributed by atoms with Gasteiger partial charge in [0.1, 0.15) is 22.4 Å². The highest BCUT2D eigenvalue weighted by atomic mass is 32.1. The van der Waals surface area contributed by atoms with Crippen LogP contribution in [0.2, 0.25) is 0 Å². The van der Waals surface area contributed by atoms with E-state index in [0.29, 0.717) is 16.3 Å². The Morgan fingerprint density at radius 2 is 2.04 bits per heavy atom. The molecular formula is C16H14N2O4S. The van der Waals surface area contributed by atoms with Gasteiger partial charge in [-0.05, 0) is 30.5 Å². The number of carbonyl (C=O) groups excluding carboxylic acids is 2. The van der Waals surface area contributed by atoms with Gasteiger partial charge < -0.3 is 14.8 Å². The number of amides is 1. The number of rotatable bonds is 5. The maximum absolute atomic E-state index is 12.1. The molecule has 0 aliphatic carbocycles. The minimum absolute atomic E-state index is 0.239. The number of anilines is 1. The van der Waals surface area contributed by atoms with Crippen LogP contribution < -0.4 is 10.1 Å². The van der Waals surface area contributed by atoms with Crippen molar-refractivity contribution in [2.75, 3.05) is 12.4 Å². The summed E-state index contributed by atoms with van der Waals surface area (Å²) in [7, 11) is 1.45. The Bertz CT molecular complexity index is 763. The second-order valence-corrected chi connectivity index (χ2v) is 5.43. The van der Waals surface area contributed by atoms with Crippen LogP contribution >= 0.6 is 11.3 Å². The molecular weight excluding hydrogens is 316 g/mol. The van der Waals surface area contributed by atoms with Crippen LogP contribution in [-0.4, -0.2) is 25.1 Å². The fourth-order valence-electron chi connectivity index (χ4n) is 1.80. The summed E-state index contributed by atoms with van der Waals surface area (Å²) in [5.74, 6) is -0.792. The summed E-state index contributed by atoms with van der Waals surface area (Å²) in [5, 5.41) is 13.6. The first-order valence-electron chi connectivity index (χ1n) is 6.69. The van der Waals surface area contributed by atoms with Gasteiger partial charge in [0.2, 0.25) is 0 Å². The largest absolute Gasteiger partial charge is 0.496 e. The number of thiophene rings is 1. The Balaban J connectivity index is 2.03.